The molecule has 5 heteroatoms. The van der Waals surface area contributed by atoms with Crippen molar-refractivity contribution in [2.24, 2.45) is 14.1 Å². The molecule has 15 heavy (non-hydrogen) atoms. The Labute approximate surface area is 88.0 Å². The first-order valence-corrected chi connectivity index (χ1v) is 4.80. The fourth-order valence-corrected chi connectivity index (χ4v) is 1.62. The van der Waals surface area contributed by atoms with E-state index in [0.717, 1.165) is 11.3 Å². The van der Waals surface area contributed by atoms with Gasteiger partial charge in [-0.25, -0.2) is 0 Å². The van der Waals surface area contributed by atoms with E-state index in [-0.39, 0.29) is 0 Å². The first kappa shape index (κ1) is 9.92. The van der Waals surface area contributed by atoms with Crippen molar-refractivity contribution >= 4 is 0 Å². The van der Waals surface area contributed by atoms with Gasteiger partial charge in [0.05, 0.1) is 18.0 Å². The zero-order valence-corrected chi connectivity index (χ0v) is 8.83. The number of nitrogens with zero attached hydrogens (tertiary/aromatic N) is 4. The van der Waals surface area contributed by atoms with E-state index in [2.05, 4.69) is 10.2 Å². The van der Waals surface area contributed by atoms with Crippen LogP contribution in [0.1, 0.15) is 17.4 Å². The molecule has 0 aliphatic carbocycles. The lowest BCUT2D eigenvalue weighted by Crippen LogP contribution is -2.07. The Kier molecular flexibility index (Phi) is 2.55. The van der Waals surface area contributed by atoms with Gasteiger partial charge in [-0.15, -0.1) is 0 Å². The maximum absolute atomic E-state index is 9.96. The van der Waals surface area contributed by atoms with Gasteiger partial charge in [-0.1, -0.05) is 0 Å². The quantitative estimate of drug-likeness (QED) is 0.792. The van der Waals surface area contributed by atoms with Gasteiger partial charge in [-0.05, 0) is 11.6 Å². The molecule has 2 rings (SSSR count). The maximum Gasteiger partial charge on any atom is 0.0997 e. The van der Waals surface area contributed by atoms with Crippen molar-refractivity contribution in [2.45, 2.75) is 12.5 Å². The molecule has 0 aliphatic heterocycles. The largest absolute Gasteiger partial charge is 0.386 e. The highest BCUT2D eigenvalue weighted by atomic mass is 16.3. The van der Waals surface area contributed by atoms with E-state index in [1.807, 2.05) is 26.4 Å². The molecule has 2 heterocycles. The fraction of sp³-hybridized carbons (Fsp3) is 0.400. The molecule has 0 bridgehead atoms. The summed E-state index contributed by atoms with van der Waals surface area (Å²) in [5, 5.41) is 18.0. The van der Waals surface area contributed by atoms with Crippen molar-refractivity contribution in [3.05, 3.63) is 35.9 Å². The molecule has 5 nitrogen and oxygen atoms in total. The van der Waals surface area contributed by atoms with E-state index in [9.17, 15) is 5.11 Å². The normalized spacial score (nSPS) is 13.0. The molecule has 0 amide bonds. The molecule has 0 aromatic carbocycles. The van der Waals surface area contributed by atoms with Gasteiger partial charge in [0, 0.05) is 32.9 Å². The molecule has 1 atom stereocenters. The van der Waals surface area contributed by atoms with Crippen LogP contribution in [0.25, 0.3) is 0 Å². The lowest BCUT2D eigenvalue weighted by Gasteiger charge is -2.09. The first-order valence-electron chi connectivity index (χ1n) is 4.80. The number of aliphatic hydroxyl groups is 1. The second-order valence-electron chi connectivity index (χ2n) is 3.62. The summed E-state index contributed by atoms with van der Waals surface area (Å²) in [4.78, 5) is 0. The van der Waals surface area contributed by atoms with Gasteiger partial charge in [0.1, 0.15) is 0 Å². The number of aryl methyl sites for hydroxylation is 2. The van der Waals surface area contributed by atoms with E-state index in [0.29, 0.717) is 6.42 Å². The molecule has 0 saturated heterocycles. The third-order valence-corrected chi connectivity index (χ3v) is 2.39. The van der Waals surface area contributed by atoms with Crippen molar-refractivity contribution in [3.63, 3.8) is 0 Å². The molecular weight excluding hydrogens is 192 g/mol. The van der Waals surface area contributed by atoms with Gasteiger partial charge < -0.3 is 5.11 Å². The van der Waals surface area contributed by atoms with Crippen molar-refractivity contribution in [3.8, 4) is 0 Å². The van der Waals surface area contributed by atoms with Crippen LogP contribution in [0, 0.1) is 0 Å². The zero-order chi connectivity index (χ0) is 10.8. The van der Waals surface area contributed by atoms with Crippen molar-refractivity contribution < 1.29 is 5.11 Å². The maximum atomic E-state index is 9.96. The van der Waals surface area contributed by atoms with Gasteiger partial charge in [-0.2, -0.15) is 10.2 Å². The van der Waals surface area contributed by atoms with Crippen LogP contribution >= 0.6 is 0 Å². The summed E-state index contributed by atoms with van der Waals surface area (Å²) in [5.74, 6) is 0. The van der Waals surface area contributed by atoms with Crippen LogP contribution in [-0.4, -0.2) is 24.7 Å². The van der Waals surface area contributed by atoms with Crippen molar-refractivity contribution in [2.75, 3.05) is 0 Å². The Morgan fingerprint density at radius 3 is 2.73 bits per heavy atom. The minimum Gasteiger partial charge on any atom is -0.386 e. The Morgan fingerprint density at radius 1 is 1.40 bits per heavy atom. The Balaban J connectivity index is 2.10. The van der Waals surface area contributed by atoms with Gasteiger partial charge in [0.2, 0.25) is 0 Å². The smallest absolute Gasteiger partial charge is 0.0997 e. The van der Waals surface area contributed by atoms with Gasteiger partial charge >= 0.3 is 0 Å². The molecule has 1 N–H and O–H groups in total. The average molecular weight is 206 g/mol. The SMILES string of the molecule is Cn1cc(CC(O)c2ccnn2C)cn1. The molecule has 2 aromatic rings. The summed E-state index contributed by atoms with van der Waals surface area (Å²) < 4.78 is 3.41. The minimum absolute atomic E-state index is 0.526. The van der Waals surface area contributed by atoms with Gasteiger partial charge in [0.25, 0.3) is 0 Å². The van der Waals surface area contributed by atoms with Gasteiger partial charge in [-0.3, -0.25) is 9.36 Å². The summed E-state index contributed by atoms with van der Waals surface area (Å²) in [7, 11) is 3.68. The van der Waals surface area contributed by atoms with Crippen LogP contribution in [0.5, 0.6) is 0 Å². The van der Waals surface area contributed by atoms with E-state index in [4.69, 9.17) is 0 Å². The number of hydrogen-bond acceptors (Lipinski definition) is 3. The lowest BCUT2D eigenvalue weighted by atomic mass is 10.1. The predicted molar refractivity (Wildman–Crippen MR) is 55.1 cm³/mol. The molecule has 0 spiro atoms. The molecular formula is C10H14N4O. The standard InChI is InChI=1S/C10H14N4O/c1-13-7-8(6-12-13)5-10(15)9-3-4-11-14(9)2/h3-4,6-7,10,15H,5H2,1-2H3. The molecule has 1 unspecified atom stereocenters. The minimum atomic E-state index is -0.526. The van der Waals surface area contributed by atoms with Crippen LogP contribution in [0.15, 0.2) is 24.7 Å². The van der Waals surface area contributed by atoms with E-state index >= 15 is 0 Å². The van der Waals surface area contributed by atoms with Gasteiger partial charge in [0.15, 0.2) is 0 Å². The van der Waals surface area contributed by atoms with Crippen molar-refractivity contribution in [1.29, 1.82) is 0 Å². The van der Waals surface area contributed by atoms with Crippen LogP contribution < -0.4 is 0 Å². The summed E-state index contributed by atoms with van der Waals surface area (Å²) in [5.41, 5.74) is 1.84. The van der Waals surface area contributed by atoms with Crippen LogP contribution in [0.4, 0.5) is 0 Å². The Bertz CT molecular complexity index is 446. The third kappa shape index (κ3) is 2.07. The number of aromatic nitrogens is 4. The second kappa shape index (κ2) is 3.86. The summed E-state index contributed by atoms with van der Waals surface area (Å²) >= 11 is 0. The summed E-state index contributed by atoms with van der Waals surface area (Å²) in [6.07, 6.45) is 5.38. The average Bonchev–Trinajstić information content (AvgIpc) is 2.75. The predicted octanol–water partition coefficient (Wildman–Crippen LogP) is 0.430. The third-order valence-electron chi connectivity index (χ3n) is 2.39. The highest BCUT2D eigenvalue weighted by molar-refractivity contribution is 5.11. The monoisotopic (exact) mass is 206 g/mol. The van der Waals surface area contributed by atoms with Crippen LogP contribution in [-0.2, 0) is 20.5 Å². The number of aliphatic hydroxyl groups excluding tert-OH is 1. The second-order valence-corrected chi connectivity index (χ2v) is 3.62. The summed E-state index contributed by atoms with van der Waals surface area (Å²) in [6, 6.07) is 1.82. The fourth-order valence-electron chi connectivity index (χ4n) is 1.62. The molecule has 0 fully saturated rings. The van der Waals surface area contributed by atoms with E-state index in [1.165, 1.54) is 0 Å². The Hall–Kier alpha value is -1.62. The lowest BCUT2D eigenvalue weighted by molar-refractivity contribution is 0.168. The highest BCUT2D eigenvalue weighted by Crippen LogP contribution is 2.16. The molecule has 0 radical (unpaired) electrons. The molecule has 80 valence electrons. The number of hydrogen-bond donors (Lipinski definition) is 1. The van der Waals surface area contributed by atoms with Crippen molar-refractivity contribution in [1.82, 2.24) is 19.6 Å². The molecule has 2 aromatic heterocycles. The first-order chi connectivity index (χ1) is 7.16. The molecule has 0 aliphatic rings. The number of rotatable bonds is 3. The highest BCUT2D eigenvalue weighted by Gasteiger charge is 2.12. The molecule has 0 saturated carbocycles. The topological polar surface area (TPSA) is 55.9 Å². The zero-order valence-electron chi connectivity index (χ0n) is 8.83. The summed E-state index contributed by atoms with van der Waals surface area (Å²) in [6.45, 7) is 0. The Morgan fingerprint density at radius 2 is 2.20 bits per heavy atom. The van der Waals surface area contributed by atoms with Crippen LogP contribution in [0.3, 0.4) is 0 Å². The van der Waals surface area contributed by atoms with E-state index in [1.54, 1.807) is 21.8 Å². The van der Waals surface area contributed by atoms with Crippen LogP contribution in [0.2, 0.25) is 0 Å². The van der Waals surface area contributed by atoms with E-state index < -0.39 is 6.10 Å².